The summed E-state index contributed by atoms with van der Waals surface area (Å²) in [6.07, 6.45) is 1.52. The highest BCUT2D eigenvalue weighted by Crippen LogP contribution is 2.43. The molecule has 1 fully saturated rings. The zero-order valence-corrected chi connectivity index (χ0v) is 9.52. The zero-order chi connectivity index (χ0) is 10.9. The van der Waals surface area contributed by atoms with Crippen LogP contribution in [0.15, 0.2) is 24.3 Å². The summed E-state index contributed by atoms with van der Waals surface area (Å²) in [5.41, 5.74) is 0. The highest BCUT2D eigenvalue weighted by molar-refractivity contribution is 6.37. The Kier molecular flexibility index (Phi) is 2.89. The van der Waals surface area contributed by atoms with E-state index in [-0.39, 0.29) is 12.4 Å². The Morgan fingerprint density at radius 1 is 1.33 bits per heavy atom. The third-order valence-electron chi connectivity index (χ3n) is 2.37. The second-order valence-corrected chi connectivity index (χ2v) is 4.79. The first kappa shape index (κ1) is 10.8. The molecule has 0 saturated heterocycles. The Bertz CT molecular complexity index is 369. The van der Waals surface area contributed by atoms with Gasteiger partial charge in [-0.2, -0.15) is 0 Å². The average Bonchev–Trinajstić information content (AvgIpc) is 2.97. The normalized spacial score (nSPS) is 17.2. The van der Waals surface area contributed by atoms with Gasteiger partial charge < -0.3 is 4.74 Å². The van der Waals surface area contributed by atoms with Crippen molar-refractivity contribution in [3.63, 3.8) is 0 Å². The van der Waals surface area contributed by atoms with Gasteiger partial charge >= 0.3 is 0 Å². The Balaban J connectivity index is 1.88. The lowest BCUT2D eigenvalue weighted by Gasteiger charge is -2.07. The molecule has 0 unspecified atom stereocenters. The van der Waals surface area contributed by atoms with Gasteiger partial charge in [-0.05, 0) is 37.1 Å². The van der Waals surface area contributed by atoms with Gasteiger partial charge in [0, 0.05) is 5.02 Å². The second-order valence-electron chi connectivity index (χ2n) is 3.63. The Morgan fingerprint density at radius 2 is 1.93 bits per heavy atom. The predicted octanol–water partition coefficient (Wildman–Crippen LogP) is 3.06. The van der Waals surface area contributed by atoms with Crippen molar-refractivity contribution >= 4 is 29.0 Å². The number of ketones is 1. The molecule has 0 radical (unpaired) electrons. The Labute approximate surface area is 98.1 Å². The van der Waals surface area contributed by atoms with Gasteiger partial charge in [0.2, 0.25) is 0 Å². The lowest BCUT2D eigenvalue weighted by molar-refractivity contribution is -0.121. The van der Waals surface area contributed by atoms with Crippen LogP contribution in [0.4, 0.5) is 0 Å². The summed E-state index contributed by atoms with van der Waals surface area (Å²) >= 11 is 11.6. The standard InChI is InChI=1S/C11H10Cl2O2/c12-8-1-3-9(4-2-8)15-7-10(14)11(13)5-6-11/h1-4H,5-7H2. The van der Waals surface area contributed by atoms with Crippen molar-refractivity contribution in [3.05, 3.63) is 29.3 Å². The van der Waals surface area contributed by atoms with Crippen molar-refractivity contribution in [3.8, 4) is 5.75 Å². The van der Waals surface area contributed by atoms with E-state index in [0.29, 0.717) is 10.8 Å². The maximum absolute atomic E-state index is 11.5. The lowest BCUT2D eigenvalue weighted by Crippen LogP contribution is -2.23. The average molecular weight is 245 g/mol. The maximum Gasteiger partial charge on any atom is 0.190 e. The number of hydrogen-bond acceptors (Lipinski definition) is 2. The molecule has 0 heterocycles. The number of Topliss-reactive ketones (excluding diaryl/α,β-unsaturated/α-hetero) is 1. The number of alkyl halides is 1. The molecule has 2 rings (SSSR count). The summed E-state index contributed by atoms with van der Waals surface area (Å²) in [6.45, 7) is 0.0329. The van der Waals surface area contributed by atoms with Gasteiger partial charge in [-0.1, -0.05) is 11.6 Å². The first-order valence-electron chi connectivity index (χ1n) is 4.71. The van der Waals surface area contributed by atoms with Crippen LogP contribution in [0.25, 0.3) is 0 Å². The molecule has 4 heteroatoms. The molecule has 0 atom stereocenters. The van der Waals surface area contributed by atoms with Gasteiger partial charge in [0.25, 0.3) is 0 Å². The number of carbonyl (C=O) groups is 1. The van der Waals surface area contributed by atoms with Crippen LogP contribution >= 0.6 is 23.2 Å². The molecule has 0 amide bonds. The second kappa shape index (κ2) is 4.03. The van der Waals surface area contributed by atoms with Crippen molar-refractivity contribution in [1.29, 1.82) is 0 Å². The number of ether oxygens (including phenoxy) is 1. The minimum absolute atomic E-state index is 0.0329. The van der Waals surface area contributed by atoms with Crippen LogP contribution < -0.4 is 4.74 Å². The summed E-state index contributed by atoms with van der Waals surface area (Å²) in [6, 6.07) is 6.89. The Hall–Kier alpha value is -0.730. The Morgan fingerprint density at radius 3 is 2.47 bits per heavy atom. The molecule has 0 spiro atoms. The van der Waals surface area contributed by atoms with E-state index in [1.54, 1.807) is 24.3 Å². The van der Waals surface area contributed by atoms with E-state index in [2.05, 4.69) is 0 Å². The summed E-state index contributed by atoms with van der Waals surface area (Å²) in [4.78, 5) is 10.9. The van der Waals surface area contributed by atoms with Crippen LogP contribution in [0.2, 0.25) is 5.02 Å². The van der Waals surface area contributed by atoms with E-state index in [1.807, 2.05) is 0 Å². The first-order chi connectivity index (χ1) is 7.10. The van der Waals surface area contributed by atoms with E-state index in [1.165, 1.54) is 0 Å². The third-order valence-corrected chi connectivity index (χ3v) is 3.21. The fourth-order valence-electron chi connectivity index (χ4n) is 1.20. The molecular weight excluding hydrogens is 235 g/mol. The fraction of sp³-hybridized carbons (Fsp3) is 0.364. The van der Waals surface area contributed by atoms with E-state index < -0.39 is 4.87 Å². The van der Waals surface area contributed by atoms with E-state index >= 15 is 0 Å². The highest BCUT2D eigenvalue weighted by atomic mass is 35.5. The number of halogens is 2. The van der Waals surface area contributed by atoms with Crippen LogP contribution in [0.5, 0.6) is 5.75 Å². The fourth-order valence-corrected chi connectivity index (χ4v) is 1.47. The molecule has 1 aliphatic carbocycles. The van der Waals surface area contributed by atoms with Crippen LogP contribution in [0.3, 0.4) is 0 Å². The maximum atomic E-state index is 11.5. The van der Waals surface area contributed by atoms with E-state index in [0.717, 1.165) is 12.8 Å². The van der Waals surface area contributed by atoms with Crippen molar-refractivity contribution < 1.29 is 9.53 Å². The smallest absolute Gasteiger partial charge is 0.190 e. The molecular formula is C11H10Cl2O2. The number of hydrogen-bond donors (Lipinski definition) is 0. The summed E-state index contributed by atoms with van der Waals surface area (Å²) in [5, 5.41) is 0.643. The number of benzene rings is 1. The van der Waals surface area contributed by atoms with E-state index in [9.17, 15) is 4.79 Å². The molecule has 15 heavy (non-hydrogen) atoms. The molecule has 1 saturated carbocycles. The van der Waals surface area contributed by atoms with Gasteiger partial charge in [0.05, 0.1) is 0 Å². The molecule has 0 N–H and O–H groups in total. The highest BCUT2D eigenvalue weighted by Gasteiger charge is 2.47. The van der Waals surface area contributed by atoms with Crippen molar-refractivity contribution in [1.82, 2.24) is 0 Å². The largest absolute Gasteiger partial charge is 0.486 e. The number of rotatable bonds is 4. The van der Waals surface area contributed by atoms with Crippen molar-refractivity contribution in [2.24, 2.45) is 0 Å². The summed E-state index contributed by atoms with van der Waals surface area (Å²) in [5.74, 6) is 0.591. The SMILES string of the molecule is O=C(COc1ccc(Cl)cc1)C1(Cl)CC1. The summed E-state index contributed by atoms with van der Waals surface area (Å²) < 4.78 is 5.30. The molecule has 0 aliphatic heterocycles. The molecule has 0 bridgehead atoms. The zero-order valence-electron chi connectivity index (χ0n) is 8.00. The van der Waals surface area contributed by atoms with Crippen LogP contribution in [-0.4, -0.2) is 17.3 Å². The lowest BCUT2D eigenvalue weighted by atomic mass is 10.3. The summed E-state index contributed by atoms with van der Waals surface area (Å²) in [7, 11) is 0. The van der Waals surface area contributed by atoms with E-state index in [4.69, 9.17) is 27.9 Å². The molecule has 0 aromatic heterocycles. The monoisotopic (exact) mass is 244 g/mol. The predicted molar refractivity (Wildman–Crippen MR) is 59.8 cm³/mol. The first-order valence-corrected chi connectivity index (χ1v) is 5.46. The minimum atomic E-state index is -0.633. The van der Waals surface area contributed by atoms with Crippen molar-refractivity contribution in [2.45, 2.75) is 17.7 Å². The minimum Gasteiger partial charge on any atom is -0.486 e. The van der Waals surface area contributed by atoms with Crippen molar-refractivity contribution in [2.75, 3.05) is 6.61 Å². The third kappa shape index (κ3) is 2.64. The molecule has 1 aromatic carbocycles. The topological polar surface area (TPSA) is 26.3 Å². The van der Waals surface area contributed by atoms with Gasteiger partial charge in [0.15, 0.2) is 5.78 Å². The molecule has 80 valence electrons. The number of carbonyl (C=O) groups excluding carboxylic acids is 1. The molecule has 1 aliphatic rings. The van der Waals surface area contributed by atoms with Gasteiger partial charge in [0.1, 0.15) is 17.2 Å². The molecule has 1 aromatic rings. The van der Waals surface area contributed by atoms with Crippen LogP contribution in [-0.2, 0) is 4.79 Å². The van der Waals surface area contributed by atoms with Gasteiger partial charge in [-0.25, -0.2) is 0 Å². The van der Waals surface area contributed by atoms with Gasteiger partial charge in [-0.15, -0.1) is 11.6 Å². The van der Waals surface area contributed by atoms with Crippen LogP contribution in [0.1, 0.15) is 12.8 Å². The quantitative estimate of drug-likeness (QED) is 0.762. The molecule has 2 nitrogen and oxygen atoms in total. The van der Waals surface area contributed by atoms with Crippen LogP contribution in [0, 0.1) is 0 Å². The van der Waals surface area contributed by atoms with Gasteiger partial charge in [-0.3, -0.25) is 4.79 Å².